The molecule has 1 N–H and O–H groups in total. The van der Waals surface area contributed by atoms with Crippen LogP contribution in [0.15, 0.2) is 0 Å². The van der Waals surface area contributed by atoms with Gasteiger partial charge in [0, 0.05) is 18.5 Å². The van der Waals surface area contributed by atoms with Crippen molar-refractivity contribution in [2.75, 3.05) is 19.6 Å². The van der Waals surface area contributed by atoms with Crippen molar-refractivity contribution in [3.05, 3.63) is 0 Å². The van der Waals surface area contributed by atoms with Crippen LogP contribution in [0, 0.1) is 23.2 Å². The number of rotatable bonds is 1. The van der Waals surface area contributed by atoms with E-state index in [-0.39, 0.29) is 11.5 Å². The first-order valence-corrected chi connectivity index (χ1v) is 5.29. The highest BCUT2D eigenvalue weighted by atomic mass is 16.3. The molecule has 14 heavy (non-hydrogen) atoms. The van der Waals surface area contributed by atoms with Crippen LogP contribution >= 0.6 is 0 Å². The summed E-state index contributed by atoms with van der Waals surface area (Å²) in [5.74, 6) is 6.77. The van der Waals surface area contributed by atoms with Crippen molar-refractivity contribution in [1.29, 1.82) is 0 Å². The predicted octanol–water partition coefficient (Wildman–Crippen LogP) is 1.35. The van der Waals surface area contributed by atoms with E-state index in [1.165, 1.54) is 0 Å². The van der Waals surface area contributed by atoms with Gasteiger partial charge in [-0.1, -0.05) is 18.8 Å². The quantitative estimate of drug-likeness (QED) is 0.638. The van der Waals surface area contributed by atoms with Crippen molar-refractivity contribution >= 4 is 0 Å². The molecule has 2 atom stereocenters. The molecule has 0 radical (unpaired) electrons. The van der Waals surface area contributed by atoms with Gasteiger partial charge in [-0.05, 0) is 26.7 Å². The van der Waals surface area contributed by atoms with Gasteiger partial charge in [0.25, 0.3) is 0 Å². The summed E-state index contributed by atoms with van der Waals surface area (Å²) < 4.78 is 0. The number of likely N-dealkylation sites (tertiary alicyclic amines) is 1. The molecule has 1 aliphatic heterocycles. The normalized spacial score (nSPS) is 28.6. The van der Waals surface area contributed by atoms with Crippen molar-refractivity contribution in [3.63, 3.8) is 0 Å². The Morgan fingerprint density at radius 1 is 1.36 bits per heavy atom. The first-order chi connectivity index (χ1) is 6.38. The highest BCUT2D eigenvalue weighted by Gasteiger charge is 2.26. The fourth-order valence-electron chi connectivity index (χ4n) is 1.59. The first-order valence-electron chi connectivity index (χ1n) is 5.29. The van der Waals surface area contributed by atoms with Gasteiger partial charge < -0.3 is 5.11 Å². The Morgan fingerprint density at radius 2 is 2.00 bits per heavy atom. The Bertz CT molecular complexity index is 233. The molecule has 0 saturated carbocycles. The summed E-state index contributed by atoms with van der Waals surface area (Å²) in [5, 5.41) is 9.54. The van der Waals surface area contributed by atoms with Crippen LogP contribution in [-0.4, -0.2) is 35.7 Å². The van der Waals surface area contributed by atoms with Gasteiger partial charge in [0.05, 0.1) is 12.6 Å². The maximum atomic E-state index is 9.54. The van der Waals surface area contributed by atoms with Crippen LogP contribution in [0.1, 0.15) is 27.7 Å². The zero-order chi connectivity index (χ0) is 10.8. The second-order valence-corrected chi connectivity index (χ2v) is 5.29. The molecule has 1 rings (SSSR count). The molecule has 2 heteroatoms. The van der Waals surface area contributed by atoms with Crippen LogP contribution in [0.5, 0.6) is 0 Å². The molecule has 0 aromatic heterocycles. The summed E-state index contributed by atoms with van der Waals surface area (Å²) in [6, 6.07) is 0. The lowest BCUT2D eigenvalue weighted by Crippen LogP contribution is -2.22. The summed E-state index contributed by atoms with van der Waals surface area (Å²) in [4.78, 5) is 2.22. The van der Waals surface area contributed by atoms with E-state index >= 15 is 0 Å². The van der Waals surface area contributed by atoms with Crippen LogP contribution in [0.4, 0.5) is 0 Å². The summed E-state index contributed by atoms with van der Waals surface area (Å²) in [7, 11) is 0. The lowest BCUT2D eigenvalue weighted by molar-refractivity contribution is 0.150. The third kappa shape index (κ3) is 3.69. The lowest BCUT2D eigenvalue weighted by Gasteiger charge is -2.11. The van der Waals surface area contributed by atoms with Crippen molar-refractivity contribution in [2.24, 2.45) is 11.3 Å². The summed E-state index contributed by atoms with van der Waals surface area (Å²) >= 11 is 0. The van der Waals surface area contributed by atoms with E-state index in [0.29, 0.717) is 5.92 Å². The van der Waals surface area contributed by atoms with Crippen molar-refractivity contribution in [1.82, 2.24) is 4.90 Å². The van der Waals surface area contributed by atoms with E-state index in [1.54, 1.807) is 0 Å². The zero-order valence-corrected chi connectivity index (χ0v) is 9.67. The zero-order valence-electron chi connectivity index (χ0n) is 9.67. The van der Waals surface area contributed by atoms with E-state index < -0.39 is 0 Å². The van der Waals surface area contributed by atoms with Gasteiger partial charge >= 0.3 is 0 Å². The fraction of sp³-hybridized carbons (Fsp3) is 0.833. The third-order valence-corrected chi connectivity index (χ3v) is 2.41. The number of aliphatic hydroxyl groups excluding tert-OH is 1. The Balaban J connectivity index is 2.36. The minimum atomic E-state index is -0.161. The van der Waals surface area contributed by atoms with Crippen LogP contribution in [0.25, 0.3) is 0 Å². The minimum absolute atomic E-state index is 0.0873. The number of β-amino-alcohol motifs (C(OH)–C–C–N with tert-alkyl or cyclic N) is 1. The summed E-state index contributed by atoms with van der Waals surface area (Å²) in [6.45, 7) is 11.0. The average molecular weight is 195 g/mol. The molecule has 0 bridgehead atoms. The Hall–Kier alpha value is -0.520. The van der Waals surface area contributed by atoms with Gasteiger partial charge in [0.15, 0.2) is 0 Å². The van der Waals surface area contributed by atoms with E-state index in [1.807, 2.05) is 0 Å². The smallest absolute Gasteiger partial charge is 0.0705 e. The third-order valence-electron chi connectivity index (χ3n) is 2.41. The molecule has 2 unspecified atom stereocenters. The van der Waals surface area contributed by atoms with Gasteiger partial charge in [-0.25, -0.2) is 0 Å². The molecule has 2 nitrogen and oxygen atoms in total. The molecule has 0 aromatic carbocycles. The van der Waals surface area contributed by atoms with E-state index in [2.05, 4.69) is 44.4 Å². The SMILES string of the molecule is CC1CN(CC#CC(C)(C)C)CC1O. The average Bonchev–Trinajstić information content (AvgIpc) is 2.28. The molecule has 1 fully saturated rings. The monoisotopic (exact) mass is 195 g/mol. The maximum absolute atomic E-state index is 9.54. The second kappa shape index (κ2) is 4.33. The molecular weight excluding hydrogens is 174 g/mol. The molecule has 0 amide bonds. The van der Waals surface area contributed by atoms with Gasteiger partial charge in [-0.2, -0.15) is 0 Å². The van der Waals surface area contributed by atoms with Crippen molar-refractivity contribution < 1.29 is 5.11 Å². The molecule has 0 spiro atoms. The largest absolute Gasteiger partial charge is 0.391 e. The second-order valence-electron chi connectivity index (χ2n) is 5.29. The van der Waals surface area contributed by atoms with Crippen LogP contribution in [-0.2, 0) is 0 Å². The topological polar surface area (TPSA) is 23.5 Å². The molecule has 1 heterocycles. The van der Waals surface area contributed by atoms with Crippen LogP contribution in [0.3, 0.4) is 0 Å². The standard InChI is InChI=1S/C12H21NO/c1-10-8-13(9-11(10)14)7-5-6-12(2,3)4/h10-11,14H,7-9H2,1-4H3. The molecule has 0 aromatic rings. The van der Waals surface area contributed by atoms with Crippen molar-refractivity contribution in [3.8, 4) is 11.8 Å². The van der Waals surface area contributed by atoms with Gasteiger partial charge in [0.2, 0.25) is 0 Å². The molecule has 80 valence electrons. The van der Waals surface area contributed by atoms with Gasteiger partial charge in [-0.15, -0.1) is 0 Å². The predicted molar refractivity (Wildman–Crippen MR) is 58.8 cm³/mol. The fourth-order valence-corrected chi connectivity index (χ4v) is 1.59. The summed E-state index contributed by atoms with van der Waals surface area (Å²) in [5.41, 5.74) is 0.0873. The molecule has 0 aliphatic carbocycles. The Labute approximate surface area is 87.3 Å². The highest BCUT2D eigenvalue weighted by molar-refractivity contribution is 5.09. The Kier molecular flexibility index (Phi) is 3.58. The van der Waals surface area contributed by atoms with E-state index in [0.717, 1.165) is 19.6 Å². The Morgan fingerprint density at radius 3 is 2.43 bits per heavy atom. The van der Waals surface area contributed by atoms with Gasteiger partial charge in [-0.3, -0.25) is 4.90 Å². The number of aliphatic hydroxyl groups is 1. The number of nitrogens with zero attached hydrogens (tertiary/aromatic N) is 1. The van der Waals surface area contributed by atoms with Crippen LogP contribution < -0.4 is 0 Å². The molecule has 1 saturated heterocycles. The number of hydrogen-bond acceptors (Lipinski definition) is 2. The van der Waals surface area contributed by atoms with Crippen LogP contribution in [0.2, 0.25) is 0 Å². The first kappa shape index (κ1) is 11.6. The maximum Gasteiger partial charge on any atom is 0.0705 e. The minimum Gasteiger partial charge on any atom is -0.391 e. The molecule has 1 aliphatic rings. The highest BCUT2D eigenvalue weighted by Crippen LogP contribution is 2.15. The summed E-state index contributed by atoms with van der Waals surface area (Å²) in [6.07, 6.45) is -0.161. The lowest BCUT2D eigenvalue weighted by atomic mass is 9.98. The number of hydrogen-bond donors (Lipinski definition) is 1. The van der Waals surface area contributed by atoms with E-state index in [9.17, 15) is 5.11 Å². The van der Waals surface area contributed by atoms with E-state index in [4.69, 9.17) is 0 Å². The van der Waals surface area contributed by atoms with Gasteiger partial charge in [0.1, 0.15) is 0 Å². The van der Waals surface area contributed by atoms with Crippen molar-refractivity contribution in [2.45, 2.75) is 33.8 Å². The molecular formula is C12H21NO.